The van der Waals surface area contributed by atoms with Crippen molar-refractivity contribution in [1.82, 2.24) is 0 Å². The summed E-state index contributed by atoms with van der Waals surface area (Å²) < 4.78 is 0. The third kappa shape index (κ3) is 2.18. The van der Waals surface area contributed by atoms with Crippen molar-refractivity contribution in [3.8, 4) is 0 Å². The Morgan fingerprint density at radius 2 is 1.85 bits per heavy atom. The molecule has 1 aliphatic carbocycles. The van der Waals surface area contributed by atoms with Gasteiger partial charge in [-0.1, -0.05) is 0 Å². The van der Waals surface area contributed by atoms with E-state index in [1.54, 1.807) is 0 Å². The van der Waals surface area contributed by atoms with Gasteiger partial charge in [0.2, 0.25) is 0 Å². The average Bonchev–Trinajstić information content (AvgIpc) is 2.08. The summed E-state index contributed by atoms with van der Waals surface area (Å²) in [4.78, 5) is 10.7. The Morgan fingerprint density at radius 1 is 1.31 bits per heavy atom. The lowest BCUT2D eigenvalue weighted by atomic mass is 9.76. The van der Waals surface area contributed by atoms with E-state index in [9.17, 15) is 15.0 Å². The first-order valence-electron chi connectivity index (χ1n) is 4.35. The van der Waals surface area contributed by atoms with Gasteiger partial charge in [0.1, 0.15) is 0 Å². The van der Waals surface area contributed by atoms with Crippen LogP contribution in [0, 0.1) is 11.8 Å². The molecule has 0 heterocycles. The summed E-state index contributed by atoms with van der Waals surface area (Å²) in [7, 11) is 0. The van der Waals surface area contributed by atoms with Gasteiger partial charge in [-0.2, -0.15) is 0 Å². The van der Waals surface area contributed by atoms with Gasteiger partial charge in [0.15, 0.2) is 0 Å². The van der Waals surface area contributed by atoms with E-state index in [4.69, 9.17) is 10.8 Å². The Hall–Kier alpha value is -0.650. The Morgan fingerprint density at radius 3 is 2.31 bits per heavy atom. The summed E-state index contributed by atoms with van der Waals surface area (Å²) in [6, 6.07) is 0. The highest BCUT2D eigenvalue weighted by atomic mass is 16.4. The molecule has 13 heavy (non-hydrogen) atoms. The first-order chi connectivity index (χ1) is 6.06. The van der Waals surface area contributed by atoms with Gasteiger partial charge >= 0.3 is 5.97 Å². The summed E-state index contributed by atoms with van der Waals surface area (Å²) in [6.07, 6.45) is -1.39. The lowest BCUT2D eigenvalue weighted by Gasteiger charge is -2.34. The molecule has 0 bridgehead atoms. The number of aliphatic hydroxyl groups is 2. The quantitative estimate of drug-likeness (QED) is 0.436. The molecule has 0 aromatic carbocycles. The summed E-state index contributed by atoms with van der Waals surface area (Å²) in [5, 5.41) is 27.3. The summed E-state index contributed by atoms with van der Waals surface area (Å²) >= 11 is 0. The van der Waals surface area contributed by atoms with E-state index < -0.39 is 24.1 Å². The Balaban J connectivity index is 2.66. The molecular formula is C8H15NO4. The van der Waals surface area contributed by atoms with Crippen LogP contribution in [0.4, 0.5) is 0 Å². The van der Waals surface area contributed by atoms with Gasteiger partial charge in [0.25, 0.3) is 0 Å². The van der Waals surface area contributed by atoms with Crippen molar-refractivity contribution >= 4 is 5.97 Å². The zero-order valence-corrected chi connectivity index (χ0v) is 7.26. The van der Waals surface area contributed by atoms with Crippen LogP contribution >= 0.6 is 0 Å². The van der Waals surface area contributed by atoms with E-state index in [1.807, 2.05) is 0 Å². The highest BCUT2D eigenvalue weighted by molar-refractivity contribution is 5.70. The molecule has 5 nitrogen and oxygen atoms in total. The molecular weight excluding hydrogens is 174 g/mol. The van der Waals surface area contributed by atoms with Crippen LogP contribution in [0.2, 0.25) is 0 Å². The summed E-state index contributed by atoms with van der Waals surface area (Å²) in [5.41, 5.74) is 5.38. The first kappa shape index (κ1) is 10.4. The fraction of sp³-hybridized carbons (Fsp3) is 0.875. The molecule has 0 aromatic heterocycles. The van der Waals surface area contributed by atoms with Gasteiger partial charge in [-0.25, -0.2) is 0 Å². The molecule has 0 saturated heterocycles. The standard InChI is InChI=1S/C8H15NO4/c9-3-4-1-6(10)7(11)2-5(4)8(12)13/h4-7,10-11H,1-3,9H2,(H,12,13)/t4-,5-,6+,7-/m0/s1. The van der Waals surface area contributed by atoms with Gasteiger partial charge in [0, 0.05) is 0 Å². The number of aliphatic carboxylic acids is 1. The minimum Gasteiger partial charge on any atom is -0.481 e. The highest BCUT2D eigenvalue weighted by Gasteiger charge is 2.38. The number of rotatable bonds is 2. The molecule has 0 spiro atoms. The normalized spacial score (nSPS) is 40.2. The molecule has 76 valence electrons. The van der Waals surface area contributed by atoms with Gasteiger partial charge < -0.3 is 21.1 Å². The Kier molecular flexibility index (Phi) is 3.24. The average molecular weight is 189 g/mol. The predicted octanol–water partition coefficient (Wildman–Crippen LogP) is -1.22. The molecule has 4 atom stereocenters. The highest BCUT2D eigenvalue weighted by Crippen LogP contribution is 2.30. The van der Waals surface area contributed by atoms with Crippen LogP contribution in [0.3, 0.4) is 0 Å². The maximum Gasteiger partial charge on any atom is 0.306 e. The second kappa shape index (κ2) is 4.04. The smallest absolute Gasteiger partial charge is 0.306 e. The third-order valence-corrected chi connectivity index (χ3v) is 2.67. The number of carbonyl (C=O) groups is 1. The molecule has 1 aliphatic rings. The molecule has 0 aliphatic heterocycles. The minimum absolute atomic E-state index is 0.0956. The Bertz CT molecular complexity index is 197. The van der Waals surface area contributed by atoms with Gasteiger partial charge in [0.05, 0.1) is 18.1 Å². The van der Waals surface area contributed by atoms with E-state index in [1.165, 1.54) is 0 Å². The van der Waals surface area contributed by atoms with Crippen molar-refractivity contribution < 1.29 is 20.1 Å². The van der Waals surface area contributed by atoms with Gasteiger partial charge in [-0.3, -0.25) is 4.79 Å². The first-order valence-corrected chi connectivity index (χ1v) is 4.35. The van der Waals surface area contributed by atoms with Crippen LogP contribution in [0.25, 0.3) is 0 Å². The number of aliphatic hydroxyl groups excluding tert-OH is 2. The largest absolute Gasteiger partial charge is 0.481 e. The zero-order chi connectivity index (χ0) is 10.0. The summed E-state index contributed by atoms with van der Waals surface area (Å²) in [6.45, 7) is 0.237. The van der Waals surface area contributed by atoms with Crippen molar-refractivity contribution in [2.24, 2.45) is 17.6 Å². The molecule has 0 unspecified atom stereocenters. The number of carboxylic acids is 1. The topological polar surface area (TPSA) is 104 Å². The van der Waals surface area contributed by atoms with Crippen LogP contribution in [-0.2, 0) is 4.79 Å². The predicted molar refractivity (Wildman–Crippen MR) is 44.9 cm³/mol. The maximum absolute atomic E-state index is 10.7. The van der Waals surface area contributed by atoms with Crippen molar-refractivity contribution in [2.45, 2.75) is 25.0 Å². The van der Waals surface area contributed by atoms with Crippen LogP contribution in [0.5, 0.6) is 0 Å². The molecule has 0 amide bonds. The molecule has 5 N–H and O–H groups in total. The van der Waals surface area contributed by atoms with Crippen molar-refractivity contribution in [2.75, 3.05) is 6.54 Å². The number of hydrogen-bond acceptors (Lipinski definition) is 4. The van der Waals surface area contributed by atoms with Crippen LogP contribution in [0.15, 0.2) is 0 Å². The fourth-order valence-corrected chi connectivity index (χ4v) is 1.80. The van der Waals surface area contributed by atoms with Crippen LogP contribution in [-0.4, -0.2) is 40.0 Å². The van der Waals surface area contributed by atoms with Crippen LogP contribution < -0.4 is 5.73 Å². The van der Waals surface area contributed by atoms with E-state index in [2.05, 4.69) is 0 Å². The van der Waals surface area contributed by atoms with E-state index in [0.29, 0.717) is 0 Å². The summed E-state index contributed by atoms with van der Waals surface area (Å²) in [5.74, 6) is -1.79. The SMILES string of the molecule is NC[C@@H]1C[C@@H](O)[C@@H](O)C[C@@H]1C(=O)O. The van der Waals surface area contributed by atoms with E-state index in [0.717, 1.165) is 0 Å². The third-order valence-electron chi connectivity index (χ3n) is 2.67. The van der Waals surface area contributed by atoms with Gasteiger partial charge in [-0.15, -0.1) is 0 Å². The molecule has 1 saturated carbocycles. The number of nitrogens with two attached hydrogens (primary N) is 1. The second-order valence-corrected chi connectivity index (χ2v) is 3.55. The maximum atomic E-state index is 10.7. The number of hydrogen-bond donors (Lipinski definition) is 4. The molecule has 1 fully saturated rings. The molecule has 0 aromatic rings. The van der Waals surface area contributed by atoms with E-state index >= 15 is 0 Å². The number of carboxylic acid groups (broad SMARTS) is 1. The molecule has 1 rings (SSSR count). The molecule has 0 radical (unpaired) electrons. The zero-order valence-electron chi connectivity index (χ0n) is 7.26. The van der Waals surface area contributed by atoms with Gasteiger partial charge in [-0.05, 0) is 25.3 Å². The lowest BCUT2D eigenvalue weighted by Crippen LogP contribution is -2.44. The minimum atomic E-state index is -0.943. The molecule has 5 heteroatoms. The fourth-order valence-electron chi connectivity index (χ4n) is 1.80. The monoisotopic (exact) mass is 189 g/mol. The van der Waals surface area contributed by atoms with Crippen LogP contribution in [0.1, 0.15) is 12.8 Å². The Labute approximate surface area is 76.2 Å². The van der Waals surface area contributed by atoms with Crippen molar-refractivity contribution in [3.05, 3.63) is 0 Å². The van der Waals surface area contributed by atoms with Crippen molar-refractivity contribution in [1.29, 1.82) is 0 Å². The second-order valence-electron chi connectivity index (χ2n) is 3.55. The lowest BCUT2D eigenvalue weighted by molar-refractivity contribution is -0.149. The van der Waals surface area contributed by atoms with Crippen molar-refractivity contribution in [3.63, 3.8) is 0 Å². The van der Waals surface area contributed by atoms with E-state index in [-0.39, 0.29) is 25.3 Å².